The Hall–Kier alpha value is -1.52. The molecule has 0 aliphatic heterocycles. The molecule has 88 valence electrons. The maximum Gasteiger partial charge on any atom is 0.174 e. The van der Waals surface area contributed by atoms with Gasteiger partial charge in [-0.2, -0.15) is 0 Å². The summed E-state index contributed by atoms with van der Waals surface area (Å²) in [4.78, 5) is 16.7. The van der Waals surface area contributed by atoms with Gasteiger partial charge in [0.15, 0.2) is 5.78 Å². The predicted molar refractivity (Wildman–Crippen MR) is 69.2 cm³/mol. The standard InChI is InChI=1S/C13H14N2OS/c16-12(13-5-3-9-17-13)6-8-14-10-11-4-1-2-7-15-11/h1-5,7,9,14H,6,8,10H2. The van der Waals surface area contributed by atoms with E-state index in [2.05, 4.69) is 10.3 Å². The number of Topliss-reactive ketones (excluding diaryl/α,β-unsaturated/α-hetero) is 1. The zero-order valence-electron chi connectivity index (χ0n) is 9.43. The molecule has 0 atom stereocenters. The number of nitrogens with zero attached hydrogens (tertiary/aromatic N) is 1. The van der Waals surface area contributed by atoms with Crippen LogP contribution in [0.25, 0.3) is 0 Å². The number of hydrogen-bond donors (Lipinski definition) is 1. The SMILES string of the molecule is O=C(CCNCc1ccccn1)c1cccs1. The third kappa shape index (κ3) is 3.76. The number of nitrogens with one attached hydrogen (secondary N) is 1. The van der Waals surface area contributed by atoms with Crippen LogP contribution in [0.3, 0.4) is 0 Å². The second-order valence-electron chi connectivity index (χ2n) is 3.65. The fraction of sp³-hybridized carbons (Fsp3) is 0.231. The van der Waals surface area contributed by atoms with Crippen LogP contribution in [-0.4, -0.2) is 17.3 Å². The van der Waals surface area contributed by atoms with Crippen molar-refractivity contribution in [2.45, 2.75) is 13.0 Å². The van der Waals surface area contributed by atoms with Gasteiger partial charge in [-0.15, -0.1) is 11.3 Å². The van der Waals surface area contributed by atoms with Crippen LogP contribution in [0, 0.1) is 0 Å². The molecule has 0 saturated carbocycles. The normalized spacial score (nSPS) is 10.4. The van der Waals surface area contributed by atoms with Crippen molar-refractivity contribution < 1.29 is 4.79 Å². The van der Waals surface area contributed by atoms with Gasteiger partial charge in [-0.1, -0.05) is 12.1 Å². The average Bonchev–Trinajstić information content (AvgIpc) is 2.89. The summed E-state index contributed by atoms with van der Waals surface area (Å²) in [5.41, 5.74) is 0.996. The van der Waals surface area contributed by atoms with Gasteiger partial charge in [0.25, 0.3) is 0 Å². The first kappa shape index (κ1) is 12.0. The number of hydrogen-bond acceptors (Lipinski definition) is 4. The summed E-state index contributed by atoms with van der Waals surface area (Å²) >= 11 is 1.50. The van der Waals surface area contributed by atoms with Crippen molar-refractivity contribution >= 4 is 17.1 Å². The van der Waals surface area contributed by atoms with E-state index in [1.54, 1.807) is 6.20 Å². The highest BCUT2D eigenvalue weighted by Crippen LogP contribution is 2.10. The number of aromatic nitrogens is 1. The van der Waals surface area contributed by atoms with Gasteiger partial charge >= 0.3 is 0 Å². The summed E-state index contributed by atoms with van der Waals surface area (Å²) in [6.45, 7) is 1.39. The van der Waals surface area contributed by atoms with Gasteiger partial charge in [0.05, 0.1) is 10.6 Å². The lowest BCUT2D eigenvalue weighted by molar-refractivity contribution is 0.0986. The molecule has 2 aromatic heterocycles. The molecule has 0 aromatic carbocycles. The molecule has 2 rings (SSSR count). The third-order valence-electron chi connectivity index (χ3n) is 2.36. The maximum atomic E-state index is 11.7. The quantitative estimate of drug-likeness (QED) is 0.629. The minimum absolute atomic E-state index is 0.202. The minimum atomic E-state index is 0.202. The van der Waals surface area contributed by atoms with Gasteiger partial charge in [-0.3, -0.25) is 9.78 Å². The first-order valence-electron chi connectivity index (χ1n) is 5.53. The largest absolute Gasteiger partial charge is 0.311 e. The summed E-state index contributed by atoms with van der Waals surface area (Å²) in [6, 6.07) is 9.59. The molecule has 0 aliphatic rings. The van der Waals surface area contributed by atoms with E-state index in [0.29, 0.717) is 19.5 Å². The number of rotatable bonds is 6. The Labute approximate surface area is 105 Å². The molecule has 0 aliphatic carbocycles. The van der Waals surface area contributed by atoms with Crippen LogP contribution < -0.4 is 5.32 Å². The Kier molecular flexibility index (Phi) is 4.41. The molecule has 17 heavy (non-hydrogen) atoms. The van der Waals surface area contributed by atoms with E-state index in [1.165, 1.54) is 11.3 Å². The summed E-state index contributed by atoms with van der Waals surface area (Å²) < 4.78 is 0. The molecular weight excluding hydrogens is 232 g/mol. The summed E-state index contributed by atoms with van der Waals surface area (Å²) in [5, 5.41) is 5.14. The van der Waals surface area contributed by atoms with Gasteiger partial charge in [0, 0.05) is 25.7 Å². The maximum absolute atomic E-state index is 11.7. The lowest BCUT2D eigenvalue weighted by Gasteiger charge is -2.02. The van der Waals surface area contributed by atoms with E-state index >= 15 is 0 Å². The lowest BCUT2D eigenvalue weighted by atomic mass is 10.2. The predicted octanol–water partition coefficient (Wildman–Crippen LogP) is 2.51. The van der Waals surface area contributed by atoms with Crippen molar-refractivity contribution in [1.82, 2.24) is 10.3 Å². The molecule has 2 heterocycles. The topological polar surface area (TPSA) is 42.0 Å². The van der Waals surface area contributed by atoms with E-state index in [4.69, 9.17) is 0 Å². The molecule has 0 fully saturated rings. The van der Waals surface area contributed by atoms with Crippen molar-refractivity contribution in [3.05, 3.63) is 52.5 Å². The monoisotopic (exact) mass is 246 g/mol. The number of thiophene rings is 1. The Morgan fingerprint density at radius 1 is 1.29 bits per heavy atom. The number of carbonyl (C=O) groups is 1. The van der Waals surface area contributed by atoms with Crippen LogP contribution in [0.15, 0.2) is 41.9 Å². The van der Waals surface area contributed by atoms with Crippen LogP contribution in [0.4, 0.5) is 0 Å². The van der Waals surface area contributed by atoms with Crippen LogP contribution >= 0.6 is 11.3 Å². The van der Waals surface area contributed by atoms with Crippen LogP contribution in [0.2, 0.25) is 0 Å². The second-order valence-corrected chi connectivity index (χ2v) is 4.60. The zero-order chi connectivity index (χ0) is 11.9. The highest BCUT2D eigenvalue weighted by molar-refractivity contribution is 7.12. The zero-order valence-corrected chi connectivity index (χ0v) is 10.2. The smallest absolute Gasteiger partial charge is 0.174 e. The number of pyridine rings is 1. The number of ketones is 1. The van der Waals surface area contributed by atoms with Gasteiger partial charge in [-0.05, 0) is 23.6 Å². The van der Waals surface area contributed by atoms with Crippen LogP contribution in [-0.2, 0) is 6.54 Å². The van der Waals surface area contributed by atoms with Gasteiger partial charge in [0.2, 0.25) is 0 Å². The molecule has 3 nitrogen and oxygen atoms in total. The molecule has 0 unspecified atom stereocenters. The Morgan fingerprint density at radius 3 is 2.94 bits per heavy atom. The highest BCUT2D eigenvalue weighted by Gasteiger charge is 2.05. The van der Waals surface area contributed by atoms with Crippen molar-refractivity contribution in [2.75, 3.05) is 6.54 Å². The van der Waals surface area contributed by atoms with E-state index in [9.17, 15) is 4.79 Å². The first-order chi connectivity index (χ1) is 8.36. The fourth-order valence-electron chi connectivity index (χ4n) is 1.48. The lowest BCUT2D eigenvalue weighted by Crippen LogP contribution is -2.18. The van der Waals surface area contributed by atoms with Crippen molar-refractivity contribution in [3.8, 4) is 0 Å². The molecule has 2 aromatic rings. The first-order valence-corrected chi connectivity index (χ1v) is 6.41. The minimum Gasteiger partial charge on any atom is -0.311 e. The van der Waals surface area contributed by atoms with Crippen molar-refractivity contribution in [1.29, 1.82) is 0 Å². The van der Waals surface area contributed by atoms with Gasteiger partial charge in [0.1, 0.15) is 0 Å². The second kappa shape index (κ2) is 6.27. The third-order valence-corrected chi connectivity index (χ3v) is 3.27. The Balaban J connectivity index is 1.69. The molecule has 0 spiro atoms. The molecule has 0 bridgehead atoms. The van der Waals surface area contributed by atoms with Gasteiger partial charge < -0.3 is 5.32 Å². The Bertz CT molecular complexity index is 454. The Morgan fingerprint density at radius 2 is 2.24 bits per heavy atom. The molecule has 1 N–H and O–H groups in total. The molecular formula is C13H14N2OS. The van der Waals surface area contributed by atoms with E-state index in [0.717, 1.165) is 10.6 Å². The van der Waals surface area contributed by atoms with Crippen molar-refractivity contribution in [2.24, 2.45) is 0 Å². The van der Waals surface area contributed by atoms with Gasteiger partial charge in [-0.25, -0.2) is 0 Å². The summed E-state index contributed by atoms with van der Waals surface area (Å²) in [6.07, 6.45) is 2.31. The fourth-order valence-corrected chi connectivity index (χ4v) is 2.18. The average molecular weight is 246 g/mol. The molecule has 0 saturated heterocycles. The molecule has 0 amide bonds. The van der Waals surface area contributed by atoms with Crippen LogP contribution in [0.5, 0.6) is 0 Å². The highest BCUT2D eigenvalue weighted by atomic mass is 32.1. The van der Waals surface area contributed by atoms with E-state index in [-0.39, 0.29) is 5.78 Å². The van der Waals surface area contributed by atoms with Crippen molar-refractivity contribution in [3.63, 3.8) is 0 Å². The summed E-state index contributed by atoms with van der Waals surface area (Å²) in [5.74, 6) is 0.202. The summed E-state index contributed by atoms with van der Waals surface area (Å²) in [7, 11) is 0. The van der Waals surface area contributed by atoms with E-state index in [1.807, 2.05) is 35.7 Å². The molecule has 4 heteroatoms. The number of carbonyl (C=O) groups excluding carboxylic acids is 1. The van der Waals surface area contributed by atoms with Crippen LogP contribution in [0.1, 0.15) is 21.8 Å². The molecule has 0 radical (unpaired) electrons. The van der Waals surface area contributed by atoms with E-state index < -0.39 is 0 Å².